The van der Waals surface area contributed by atoms with Gasteiger partial charge < -0.3 is 33.5 Å². The van der Waals surface area contributed by atoms with Crippen LogP contribution < -0.4 is 4.74 Å². The van der Waals surface area contributed by atoms with Gasteiger partial charge in [-0.25, -0.2) is 9.59 Å². The highest BCUT2D eigenvalue weighted by molar-refractivity contribution is 5.86. The Bertz CT molecular complexity index is 2310. The standard InChI is InChI=1S/C54H58O11/c1-6-9-10-17-32-60-41(34-62-49(55)7-2)33-61-40-30-28-39(29-31-40)54(47-22-15-13-18-43(47)44-19-14-16-23-48(44)54)38-26-24-37(25-27-38)53(4,5)64-36-42(35-63-50(56)8-3)65-52(59)46-21-12-11-20-45(46)51(57)58/h7-16,18-19,22-31,41-42,45-46H,2-3,6,17,20-21,32-36H2,1,4-5H3,(H,57,58)/b10-9-. The van der Waals surface area contributed by atoms with E-state index >= 15 is 0 Å². The van der Waals surface area contributed by atoms with Crippen LogP contribution >= 0.6 is 0 Å². The van der Waals surface area contributed by atoms with Crippen LogP contribution in [0.25, 0.3) is 11.1 Å². The third-order valence-corrected chi connectivity index (χ3v) is 11.9. The maximum absolute atomic E-state index is 13.3. The molecule has 340 valence electrons. The maximum Gasteiger partial charge on any atom is 0.330 e. The highest BCUT2D eigenvalue weighted by atomic mass is 16.6. The highest BCUT2D eigenvalue weighted by Gasteiger charge is 2.46. The minimum absolute atomic E-state index is 0.0293. The third-order valence-electron chi connectivity index (χ3n) is 11.9. The van der Waals surface area contributed by atoms with Gasteiger partial charge in [0.25, 0.3) is 0 Å². The van der Waals surface area contributed by atoms with Gasteiger partial charge in [0.2, 0.25) is 0 Å². The topological polar surface area (TPSA) is 144 Å². The highest BCUT2D eigenvalue weighted by Crippen LogP contribution is 2.56. The van der Waals surface area contributed by atoms with Gasteiger partial charge in [-0.05, 0) is 90.6 Å². The molecule has 0 heterocycles. The monoisotopic (exact) mass is 882 g/mol. The molecule has 11 heteroatoms. The van der Waals surface area contributed by atoms with E-state index in [4.69, 9.17) is 28.4 Å². The van der Waals surface area contributed by atoms with Gasteiger partial charge in [0.1, 0.15) is 31.7 Å². The van der Waals surface area contributed by atoms with Crippen LogP contribution in [0.5, 0.6) is 5.75 Å². The second-order valence-corrected chi connectivity index (χ2v) is 16.5. The van der Waals surface area contributed by atoms with E-state index in [0.717, 1.165) is 63.9 Å². The van der Waals surface area contributed by atoms with E-state index in [0.29, 0.717) is 12.4 Å². The Morgan fingerprint density at radius 3 is 1.85 bits per heavy atom. The van der Waals surface area contributed by atoms with Crippen LogP contribution in [0.2, 0.25) is 0 Å². The zero-order chi connectivity index (χ0) is 46.4. The van der Waals surface area contributed by atoms with Crippen molar-refractivity contribution in [2.24, 2.45) is 11.8 Å². The van der Waals surface area contributed by atoms with Crippen molar-refractivity contribution in [2.75, 3.05) is 33.0 Å². The number of hydrogen-bond donors (Lipinski definition) is 1. The Balaban J connectivity index is 1.25. The van der Waals surface area contributed by atoms with Crippen molar-refractivity contribution in [1.82, 2.24) is 0 Å². The number of carboxylic acids is 1. The smallest absolute Gasteiger partial charge is 0.330 e. The number of benzene rings is 4. The number of rotatable bonds is 23. The van der Waals surface area contributed by atoms with Gasteiger partial charge in [0.15, 0.2) is 6.10 Å². The van der Waals surface area contributed by atoms with Crippen molar-refractivity contribution >= 4 is 23.9 Å². The molecule has 65 heavy (non-hydrogen) atoms. The molecule has 2 aliphatic carbocycles. The van der Waals surface area contributed by atoms with E-state index in [9.17, 15) is 24.3 Å². The number of ether oxygens (including phenoxy) is 6. The number of carbonyl (C=O) groups excluding carboxylic acids is 3. The lowest BCUT2D eigenvalue weighted by Crippen LogP contribution is -2.38. The molecule has 0 aliphatic heterocycles. The third kappa shape index (κ3) is 11.4. The van der Waals surface area contributed by atoms with Crippen molar-refractivity contribution in [3.05, 3.63) is 174 Å². The lowest BCUT2D eigenvalue weighted by molar-refractivity contribution is -0.173. The molecule has 4 aromatic carbocycles. The van der Waals surface area contributed by atoms with Crippen LogP contribution in [0.15, 0.2) is 147 Å². The fraction of sp³-hybridized carbons (Fsp3) is 0.333. The van der Waals surface area contributed by atoms with E-state index in [1.165, 1.54) is 0 Å². The molecule has 2 aliphatic rings. The minimum Gasteiger partial charge on any atom is -0.491 e. The summed E-state index contributed by atoms with van der Waals surface area (Å²) in [6.07, 6.45) is 10.4. The number of esters is 3. The molecule has 0 amide bonds. The van der Waals surface area contributed by atoms with Gasteiger partial charge in [-0.15, -0.1) is 0 Å². The van der Waals surface area contributed by atoms with Gasteiger partial charge >= 0.3 is 23.9 Å². The van der Waals surface area contributed by atoms with Gasteiger partial charge in [-0.1, -0.05) is 129 Å². The van der Waals surface area contributed by atoms with Crippen LogP contribution in [-0.2, 0) is 53.9 Å². The zero-order valence-corrected chi connectivity index (χ0v) is 37.3. The summed E-state index contributed by atoms with van der Waals surface area (Å²) in [5.41, 5.74) is 5.81. The summed E-state index contributed by atoms with van der Waals surface area (Å²) in [6, 6.07) is 33.2. The quantitative estimate of drug-likeness (QED) is 0.0220. The number of carboxylic acid groups (broad SMARTS) is 1. The summed E-state index contributed by atoms with van der Waals surface area (Å²) >= 11 is 0. The van der Waals surface area contributed by atoms with E-state index in [1.54, 1.807) is 12.2 Å². The lowest BCUT2D eigenvalue weighted by atomic mass is 9.67. The van der Waals surface area contributed by atoms with E-state index in [1.807, 2.05) is 38.1 Å². The molecule has 0 spiro atoms. The molecule has 0 saturated heterocycles. The Kier molecular flexibility index (Phi) is 16.5. The van der Waals surface area contributed by atoms with Gasteiger partial charge in [0.05, 0.1) is 36.1 Å². The molecule has 11 nitrogen and oxygen atoms in total. The number of carbonyl (C=O) groups is 4. The number of fused-ring (bicyclic) bond motifs is 3. The summed E-state index contributed by atoms with van der Waals surface area (Å²) in [5, 5.41) is 9.75. The first-order valence-corrected chi connectivity index (χ1v) is 22.0. The van der Waals surface area contributed by atoms with Crippen LogP contribution in [-0.4, -0.2) is 74.2 Å². The van der Waals surface area contributed by atoms with E-state index in [-0.39, 0.29) is 39.3 Å². The molecule has 0 fully saturated rings. The molecule has 4 aromatic rings. The van der Waals surface area contributed by atoms with Crippen LogP contribution in [0.1, 0.15) is 74.3 Å². The van der Waals surface area contributed by atoms with Crippen molar-refractivity contribution in [1.29, 1.82) is 0 Å². The predicted octanol–water partition coefficient (Wildman–Crippen LogP) is 9.46. The number of hydrogen-bond acceptors (Lipinski definition) is 10. The molecule has 0 aromatic heterocycles. The van der Waals surface area contributed by atoms with Crippen molar-refractivity contribution in [3.8, 4) is 16.9 Å². The summed E-state index contributed by atoms with van der Waals surface area (Å²) < 4.78 is 35.1. The Morgan fingerprint density at radius 2 is 1.28 bits per heavy atom. The molecule has 4 atom stereocenters. The van der Waals surface area contributed by atoms with E-state index < -0.39 is 58.9 Å². The average molecular weight is 883 g/mol. The molecule has 1 N–H and O–H groups in total. The molecule has 0 saturated carbocycles. The first-order chi connectivity index (χ1) is 31.4. The van der Waals surface area contributed by atoms with Crippen molar-refractivity contribution < 1.29 is 52.7 Å². The average Bonchev–Trinajstić information content (AvgIpc) is 3.63. The van der Waals surface area contributed by atoms with Crippen molar-refractivity contribution in [2.45, 2.75) is 69.7 Å². The molecular formula is C54H58O11. The SMILES string of the molecule is C=CC(=O)OCC(COc1ccc(C2(c3ccc(C(C)(C)OCC(COC(=O)C=C)OC(=O)C4CC=CCC4C(=O)O)cc3)c3ccccc3-c3ccccc32)cc1)OCC/C=C\CC. The van der Waals surface area contributed by atoms with Crippen molar-refractivity contribution in [3.63, 3.8) is 0 Å². The predicted molar refractivity (Wildman–Crippen MR) is 247 cm³/mol. The van der Waals surface area contributed by atoms with Crippen LogP contribution in [0, 0.1) is 11.8 Å². The second-order valence-electron chi connectivity index (χ2n) is 16.5. The largest absolute Gasteiger partial charge is 0.491 e. The molecular weight excluding hydrogens is 825 g/mol. The molecule has 0 radical (unpaired) electrons. The Hall–Kier alpha value is -6.56. The number of aliphatic carboxylic acids is 1. The first kappa shape index (κ1) is 47.9. The minimum atomic E-state index is -1.08. The Morgan fingerprint density at radius 1 is 0.723 bits per heavy atom. The van der Waals surface area contributed by atoms with Gasteiger partial charge in [-0.3, -0.25) is 9.59 Å². The molecule has 6 rings (SSSR count). The van der Waals surface area contributed by atoms with Gasteiger partial charge in [-0.2, -0.15) is 0 Å². The molecule has 0 bridgehead atoms. The first-order valence-electron chi connectivity index (χ1n) is 22.0. The molecule has 4 unspecified atom stereocenters. The summed E-state index contributed by atoms with van der Waals surface area (Å²) in [7, 11) is 0. The van der Waals surface area contributed by atoms with E-state index in [2.05, 4.69) is 105 Å². The number of allylic oxidation sites excluding steroid dienone is 3. The van der Waals surface area contributed by atoms with Crippen LogP contribution in [0.4, 0.5) is 0 Å². The lowest BCUT2D eigenvalue weighted by Gasteiger charge is -2.35. The second kappa shape index (κ2) is 22.4. The maximum atomic E-state index is 13.3. The fourth-order valence-electron chi connectivity index (χ4n) is 8.44. The summed E-state index contributed by atoms with van der Waals surface area (Å²) in [5.74, 6) is -4.15. The van der Waals surface area contributed by atoms with Crippen LogP contribution in [0.3, 0.4) is 0 Å². The fourth-order valence-corrected chi connectivity index (χ4v) is 8.44. The van der Waals surface area contributed by atoms with Gasteiger partial charge in [0, 0.05) is 12.2 Å². The zero-order valence-electron chi connectivity index (χ0n) is 37.3. The normalized spacial score (nSPS) is 17.0. The summed E-state index contributed by atoms with van der Waals surface area (Å²) in [4.78, 5) is 49.2. The Labute approximate surface area is 381 Å². The summed E-state index contributed by atoms with van der Waals surface area (Å²) in [6.45, 7) is 13.0.